The van der Waals surface area contributed by atoms with Crippen LogP contribution in [0.5, 0.6) is 0 Å². The highest BCUT2D eigenvalue weighted by Crippen LogP contribution is 2.41. The van der Waals surface area contributed by atoms with Crippen molar-refractivity contribution in [2.24, 2.45) is 5.92 Å². The zero-order valence-electron chi connectivity index (χ0n) is 21.9. The fraction of sp³-hybridized carbons (Fsp3) is 0.182. The van der Waals surface area contributed by atoms with Gasteiger partial charge in [-0.15, -0.1) is 0 Å². The highest BCUT2D eigenvalue weighted by molar-refractivity contribution is 6.03. The molecule has 1 aliphatic rings. The number of nitrogens with zero attached hydrogens (tertiary/aromatic N) is 1. The summed E-state index contributed by atoms with van der Waals surface area (Å²) in [6.45, 7) is 0.343. The molecule has 0 fully saturated rings. The van der Waals surface area contributed by atoms with Crippen molar-refractivity contribution in [2.75, 3.05) is 5.32 Å². The molecule has 3 N–H and O–H groups in total. The van der Waals surface area contributed by atoms with Gasteiger partial charge in [0.05, 0.1) is 17.2 Å². The maximum absolute atomic E-state index is 14.1. The van der Waals surface area contributed by atoms with Gasteiger partial charge in [0.15, 0.2) is 0 Å². The number of rotatable bonds is 8. The predicted molar refractivity (Wildman–Crippen MR) is 153 cm³/mol. The Hall–Kier alpha value is -4.91. The van der Waals surface area contributed by atoms with Crippen molar-refractivity contribution in [3.05, 3.63) is 137 Å². The summed E-state index contributed by atoms with van der Waals surface area (Å²) in [7, 11) is 0. The number of carbonyl (C=O) groups is 3. The Balaban J connectivity index is 1.54. The molecule has 7 nitrogen and oxygen atoms in total. The molecule has 4 aromatic rings. The van der Waals surface area contributed by atoms with E-state index in [0.717, 1.165) is 30.4 Å². The molecule has 4 aromatic carbocycles. The van der Waals surface area contributed by atoms with Crippen LogP contribution in [0, 0.1) is 5.92 Å². The van der Waals surface area contributed by atoms with Crippen LogP contribution >= 0.6 is 0 Å². The Bertz CT molecular complexity index is 1520. The van der Waals surface area contributed by atoms with Gasteiger partial charge in [0, 0.05) is 12.2 Å². The van der Waals surface area contributed by atoms with Gasteiger partial charge in [0.1, 0.15) is 0 Å². The summed E-state index contributed by atoms with van der Waals surface area (Å²) in [5.41, 5.74) is 3.98. The van der Waals surface area contributed by atoms with Gasteiger partial charge in [-0.25, -0.2) is 14.4 Å². The number of carbonyl (C=O) groups excluding carboxylic acids is 1. The fourth-order valence-electron chi connectivity index (χ4n) is 5.61. The van der Waals surface area contributed by atoms with Crippen molar-refractivity contribution in [1.29, 1.82) is 0 Å². The van der Waals surface area contributed by atoms with Crippen LogP contribution in [0.1, 0.15) is 55.4 Å². The molecule has 2 unspecified atom stereocenters. The van der Waals surface area contributed by atoms with Gasteiger partial charge < -0.3 is 20.4 Å². The van der Waals surface area contributed by atoms with E-state index in [1.807, 2.05) is 65.6 Å². The standard InChI is InChI=1S/C33H30N2O5/c36-31(37)28-18-17-26(20-29(28)32(38)39)34-33(40)35(21-23-11-5-2-6-12-23)30-25(19-22-9-3-1-4-10-22)16-15-24-13-7-8-14-27(24)30/h1-14,17-18,20,25,30H,15-16,19,21H2,(H,34,40)(H,36,37)(H,38,39). The van der Waals surface area contributed by atoms with E-state index in [9.17, 15) is 24.6 Å². The third kappa shape index (κ3) is 5.89. The van der Waals surface area contributed by atoms with Crippen molar-refractivity contribution in [3.63, 3.8) is 0 Å². The number of hydrogen-bond acceptors (Lipinski definition) is 3. The zero-order valence-corrected chi connectivity index (χ0v) is 21.9. The Kier molecular flexibility index (Phi) is 7.92. The van der Waals surface area contributed by atoms with E-state index in [2.05, 4.69) is 29.6 Å². The summed E-state index contributed by atoms with van der Waals surface area (Å²) in [5, 5.41) is 21.8. The van der Waals surface area contributed by atoms with Crippen LogP contribution in [0.15, 0.2) is 103 Å². The summed E-state index contributed by atoms with van der Waals surface area (Å²) >= 11 is 0. The molecular formula is C33H30N2O5. The van der Waals surface area contributed by atoms with E-state index >= 15 is 0 Å². The minimum Gasteiger partial charge on any atom is -0.478 e. The highest BCUT2D eigenvalue weighted by Gasteiger charge is 2.36. The van der Waals surface area contributed by atoms with Gasteiger partial charge in [-0.2, -0.15) is 0 Å². The van der Waals surface area contributed by atoms with E-state index < -0.39 is 11.9 Å². The lowest BCUT2D eigenvalue weighted by Gasteiger charge is -2.41. The van der Waals surface area contributed by atoms with Gasteiger partial charge in [0.25, 0.3) is 0 Å². The molecule has 2 atom stereocenters. The lowest BCUT2D eigenvalue weighted by atomic mass is 9.76. The summed E-state index contributed by atoms with van der Waals surface area (Å²) < 4.78 is 0. The normalized spacial score (nSPS) is 16.0. The van der Waals surface area contributed by atoms with Crippen LogP contribution in [0.2, 0.25) is 0 Å². The predicted octanol–water partition coefficient (Wildman–Crippen LogP) is 6.66. The average Bonchev–Trinajstić information content (AvgIpc) is 2.97. The number of urea groups is 1. The van der Waals surface area contributed by atoms with Crippen molar-refractivity contribution in [1.82, 2.24) is 4.90 Å². The zero-order chi connectivity index (χ0) is 28.1. The molecule has 0 bridgehead atoms. The summed E-state index contributed by atoms with van der Waals surface area (Å²) in [5.74, 6) is -2.57. The summed E-state index contributed by atoms with van der Waals surface area (Å²) in [6.07, 6.45) is 2.63. The first-order valence-electron chi connectivity index (χ1n) is 13.2. The highest BCUT2D eigenvalue weighted by atomic mass is 16.4. The van der Waals surface area contributed by atoms with Crippen LogP contribution in [0.3, 0.4) is 0 Å². The van der Waals surface area contributed by atoms with Gasteiger partial charge in [-0.05, 0) is 65.6 Å². The van der Waals surface area contributed by atoms with E-state index in [-0.39, 0.29) is 34.8 Å². The van der Waals surface area contributed by atoms with Gasteiger partial charge in [0.2, 0.25) is 0 Å². The molecule has 40 heavy (non-hydrogen) atoms. The average molecular weight is 535 g/mol. The van der Waals surface area contributed by atoms with Crippen LogP contribution < -0.4 is 5.32 Å². The number of carboxylic acids is 2. The molecule has 5 rings (SSSR count). The molecular weight excluding hydrogens is 504 g/mol. The fourth-order valence-corrected chi connectivity index (χ4v) is 5.61. The quantitative estimate of drug-likeness (QED) is 0.234. The van der Waals surface area contributed by atoms with Gasteiger partial charge in [-0.3, -0.25) is 0 Å². The third-order valence-corrected chi connectivity index (χ3v) is 7.47. The Morgan fingerprint density at radius 1 is 0.750 bits per heavy atom. The number of benzene rings is 4. The minimum absolute atomic E-state index is 0.149. The first-order chi connectivity index (χ1) is 19.4. The van der Waals surface area contributed by atoms with E-state index in [4.69, 9.17) is 0 Å². The maximum atomic E-state index is 14.1. The van der Waals surface area contributed by atoms with Crippen molar-refractivity contribution in [3.8, 4) is 0 Å². The molecule has 0 saturated carbocycles. The molecule has 0 saturated heterocycles. The molecule has 0 spiro atoms. The second-order valence-electron chi connectivity index (χ2n) is 10.0. The van der Waals surface area contributed by atoms with Gasteiger partial charge >= 0.3 is 18.0 Å². The number of fused-ring (bicyclic) bond motifs is 1. The number of amides is 2. The van der Waals surface area contributed by atoms with Crippen LogP contribution in [0.4, 0.5) is 10.5 Å². The van der Waals surface area contributed by atoms with Crippen molar-refractivity contribution in [2.45, 2.75) is 31.8 Å². The first-order valence-corrected chi connectivity index (χ1v) is 13.2. The molecule has 0 heterocycles. The van der Waals surface area contributed by atoms with Gasteiger partial charge in [-0.1, -0.05) is 84.9 Å². The topological polar surface area (TPSA) is 107 Å². The van der Waals surface area contributed by atoms with Crippen molar-refractivity contribution >= 4 is 23.7 Å². The lowest BCUT2D eigenvalue weighted by molar-refractivity contribution is 0.0651. The number of aryl methyl sites for hydroxylation is 1. The Morgan fingerprint density at radius 3 is 2.05 bits per heavy atom. The second kappa shape index (κ2) is 11.9. The Morgan fingerprint density at radius 2 is 1.38 bits per heavy atom. The third-order valence-electron chi connectivity index (χ3n) is 7.47. The molecule has 2 amide bonds. The monoisotopic (exact) mass is 534 g/mol. The number of carboxylic acid groups (broad SMARTS) is 2. The molecule has 0 radical (unpaired) electrons. The number of anilines is 1. The van der Waals surface area contributed by atoms with E-state index in [0.29, 0.717) is 6.54 Å². The maximum Gasteiger partial charge on any atom is 0.336 e. The molecule has 0 aromatic heterocycles. The SMILES string of the molecule is O=C(O)c1ccc(NC(=O)N(Cc2ccccc2)C2c3ccccc3CCC2Cc2ccccc2)cc1C(=O)O. The van der Waals surface area contributed by atoms with Crippen LogP contribution in [-0.4, -0.2) is 33.1 Å². The largest absolute Gasteiger partial charge is 0.478 e. The van der Waals surface area contributed by atoms with E-state index in [1.165, 1.54) is 29.3 Å². The van der Waals surface area contributed by atoms with Crippen LogP contribution in [0.25, 0.3) is 0 Å². The summed E-state index contributed by atoms with van der Waals surface area (Å²) in [4.78, 5) is 39.2. The minimum atomic E-state index is -1.38. The summed E-state index contributed by atoms with van der Waals surface area (Å²) in [6, 6.07) is 31.4. The number of hydrogen-bond donors (Lipinski definition) is 3. The smallest absolute Gasteiger partial charge is 0.336 e. The lowest BCUT2D eigenvalue weighted by Crippen LogP contribution is -2.43. The molecule has 0 aliphatic heterocycles. The van der Waals surface area contributed by atoms with Crippen LogP contribution in [-0.2, 0) is 19.4 Å². The molecule has 7 heteroatoms. The molecule has 202 valence electrons. The van der Waals surface area contributed by atoms with E-state index in [1.54, 1.807) is 0 Å². The molecule has 1 aliphatic carbocycles. The van der Waals surface area contributed by atoms with Crippen molar-refractivity contribution < 1.29 is 24.6 Å². The number of nitrogens with one attached hydrogen (secondary N) is 1. The first kappa shape index (κ1) is 26.7. The Labute approximate surface area is 232 Å². The number of aromatic carboxylic acids is 2. The second-order valence-corrected chi connectivity index (χ2v) is 10.0.